The summed E-state index contributed by atoms with van der Waals surface area (Å²) in [4.78, 5) is 17.6. The number of rotatable bonds is 2. The van der Waals surface area contributed by atoms with Crippen molar-refractivity contribution < 1.29 is 22.7 Å². The minimum atomic E-state index is -3.13. The van der Waals surface area contributed by atoms with Crippen molar-refractivity contribution in [2.45, 2.75) is 17.7 Å². The minimum Gasteiger partial charge on any atom is -0.454 e. The van der Waals surface area contributed by atoms with Crippen molar-refractivity contribution in [1.29, 1.82) is 5.26 Å². The molecule has 1 amide bonds. The maximum Gasteiger partial charge on any atom is 0.262 e. The zero-order valence-electron chi connectivity index (χ0n) is 12.9. The number of sulfone groups is 1. The third kappa shape index (κ3) is 2.94. The van der Waals surface area contributed by atoms with Crippen molar-refractivity contribution in [1.82, 2.24) is 0 Å². The van der Waals surface area contributed by atoms with Crippen LogP contribution < -0.4 is 14.4 Å². The molecule has 0 radical (unpaired) electrons. The molecule has 0 saturated carbocycles. The summed E-state index contributed by atoms with van der Waals surface area (Å²) in [5.74, 6) is 0.692. The summed E-state index contributed by atoms with van der Waals surface area (Å²) in [5.41, 5.74) is 0.685. The second-order valence-corrected chi connectivity index (χ2v) is 9.19. The Balaban J connectivity index is 1.74. The number of amides is 1. The first-order valence-corrected chi connectivity index (χ1v) is 10.2. The molecule has 0 bridgehead atoms. The molecule has 2 atom stereocenters. The van der Waals surface area contributed by atoms with Gasteiger partial charge in [0.25, 0.3) is 5.91 Å². The van der Waals surface area contributed by atoms with Crippen LogP contribution in [0.4, 0.5) is 5.69 Å². The summed E-state index contributed by atoms with van der Waals surface area (Å²) in [6.45, 7) is 0.134. The fourth-order valence-corrected chi connectivity index (χ4v) is 7.05. The summed E-state index contributed by atoms with van der Waals surface area (Å²) >= 11 is 1.27. The fourth-order valence-electron chi connectivity index (χ4n) is 3.12. The number of amidine groups is 1. The highest BCUT2D eigenvalue weighted by atomic mass is 32.2. The SMILES string of the molecule is N#CCC(=O)N=C1S[C@H]2CS(=O)(=O)C[C@H]2N1c1ccc2c(c1)OCO2. The highest BCUT2D eigenvalue weighted by Crippen LogP contribution is 2.43. The number of nitriles is 1. The van der Waals surface area contributed by atoms with Crippen molar-refractivity contribution in [3.05, 3.63) is 18.2 Å². The molecule has 3 aliphatic heterocycles. The lowest BCUT2D eigenvalue weighted by Crippen LogP contribution is -2.37. The van der Waals surface area contributed by atoms with Gasteiger partial charge in [0.2, 0.25) is 6.79 Å². The van der Waals surface area contributed by atoms with Crippen LogP contribution in [0.1, 0.15) is 6.42 Å². The van der Waals surface area contributed by atoms with E-state index in [1.165, 1.54) is 11.8 Å². The molecule has 3 heterocycles. The molecule has 1 aromatic carbocycles. The van der Waals surface area contributed by atoms with E-state index >= 15 is 0 Å². The molecule has 2 saturated heterocycles. The molecule has 0 spiro atoms. The first-order valence-electron chi connectivity index (χ1n) is 7.51. The molecule has 25 heavy (non-hydrogen) atoms. The summed E-state index contributed by atoms with van der Waals surface area (Å²) in [5, 5.41) is 8.89. The Kier molecular flexibility index (Phi) is 3.85. The fraction of sp³-hybridized carbons (Fsp3) is 0.400. The van der Waals surface area contributed by atoms with Gasteiger partial charge in [0.1, 0.15) is 6.42 Å². The number of carbonyl (C=O) groups is 1. The van der Waals surface area contributed by atoms with Gasteiger partial charge >= 0.3 is 0 Å². The second kappa shape index (κ2) is 5.93. The normalized spacial score (nSPS) is 27.3. The van der Waals surface area contributed by atoms with E-state index in [4.69, 9.17) is 14.7 Å². The van der Waals surface area contributed by atoms with E-state index in [0.717, 1.165) is 0 Å². The molecular formula is C15H13N3O5S2. The van der Waals surface area contributed by atoms with Crippen LogP contribution in [-0.2, 0) is 14.6 Å². The average Bonchev–Trinajstić information content (AvgIpc) is 3.18. The number of fused-ring (bicyclic) bond motifs is 2. The van der Waals surface area contributed by atoms with Crippen LogP contribution in [0.5, 0.6) is 11.5 Å². The predicted octanol–water partition coefficient (Wildman–Crippen LogP) is 0.930. The standard InChI is InChI=1S/C15H13N3O5S2/c16-4-3-14(19)17-15-18(10-6-25(20,21)7-13(10)24-15)9-1-2-11-12(5-9)23-8-22-11/h1-2,5,10,13H,3,6-8H2/t10-,13+/m1/s1. The summed E-state index contributed by atoms with van der Waals surface area (Å²) in [6.07, 6.45) is -0.313. The molecule has 0 unspecified atom stereocenters. The number of nitrogens with zero attached hydrogens (tertiary/aromatic N) is 3. The first-order chi connectivity index (χ1) is 12.0. The number of anilines is 1. The lowest BCUT2D eigenvalue weighted by Gasteiger charge is -2.24. The molecule has 0 aliphatic carbocycles. The highest BCUT2D eigenvalue weighted by molar-refractivity contribution is 8.16. The average molecular weight is 379 g/mol. The topological polar surface area (TPSA) is 109 Å². The Bertz CT molecular complexity index is 922. The van der Waals surface area contributed by atoms with Crippen molar-refractivity contribution in [2.75, 3.05) is 23.2 Å². The largest absolute Gasteiger partial charge is 0.454 e. The lowest BCUT2D eigenvalue weighted by atomic mass is 10.2. The van der Waals surface area contributed by atoms with Gasteiger partial charge in [0.15, 0.2) is 26.5 Å². The van der Waals surface area contributed by atoms with E-state index in [9.17, 15) is 13.2 Å². The van der Waals surface area contributed by atoms with Crippen LogP contribution in [0.2, 0.25) is 0 Å². The quantitative estimate of drug-likeness (QED) is 0.746. The number of hydrogen-bond acceptors (Lipinski definition) is 7. The third-order valence-electron chi connectivity index (χ3n) is 4.15. The molecule has 1 aromatic rings. The van der Waals surface area contributed by atoms with Gasteiger partial charge in [-0.25, -0.2) is 8.42 Å². The Morgan fingerprint density at radius 2 is 2.16 bits per heavy atom. The Morgan fingerprint density at radius 3 is 2.96 bits per heavy atom. The maximum atomic E-state index is 12.0. The summed E-state index contributed by atoms with van der Waals surface area (Å²) < 4.78 is 34.7. The van der Waals surface area contributed by atoms with Gasteiger partial charge in [-0.2, -0.15) is 10.3 Å². The molecule has 4 rings (SSSR count). The number of thioether (sulfide) groups is 1. The minimum absolute atomic E-state index is 0.00453. The van der Waals surface area contributed by atoms with Gasteiger partial charge < -0.3 is 14.4 Å². The van der Waals surface area contributed by atoms with Gasteiger partial charge in [0, 0.05) is 17.0 Å². The number of ether oxygens (including phenoxy) is 2. The van der Waals surface area contributed by atoms with Gasteiger partial charge in [-0.1, -0.05) is 11.8 Å². The van der Waals surface area contributed by atoms with Crippen molar-refractivity contribution in [3.63, 3.8) is 0 Å². The molecule has 10 heteroatoms. The van der Waals surface area contributed by atoms with E-state index in [0.29, 0.717) is 22.4 Å². The van der Waals surface area contributed by atoms with E-state index in [1.807, 2.05) is 0 Å². The monoisotopic (exact) mass is 379 g/mol. The van der Waals surface area contributed by atoms with Crippen LogP contribution in [0.25, 0.3) is 0 Å². The highest BCUT2D eigenvalue weighted by Gasteiger charge is 2.49. The number of carbonyl (C=O) groups excluding carboxylic acids is 1. The number of benzene rings is 1. The number of aliphatic imine (C=N–C) groups is 1. The summed E-state index contributed by atoms with van der Waals surface area (Å²) in [6, 6.07) is 6.75. The van der Waals surface area contributed by atoms with Crippen molar-refractivity contribution >= 4 is 38.4 Å². The summed E-state index contributed by atoms with van der Waals surface area (Å²) in [7, 11) is -3.13. The zero-order chi connectivity index (χ0) is 17.6. The molecule has 2 fully saturated rings. The van der Waals surface area contributed by atoms with Crippen molar-refractivity contribution in [3.8, 4) is 17.6 Å². The van der Waals surface area contributed by atoms with Gasteiger partial charge in [-0.15, -0.1) is 0 Å². The second-order valence-electron chi connectivity index (χ2n) is 5.83. The van der Waals surface area contributed by atoms with Gasteiger partial charge in [-0.3, -0.25) is 4.79 Å². The van der Waals surface area contributed by atoms with Gasteiger partial charge in [0.05, 0.1) is 23.6 Å². The van der Waals surface area contributed by atoms with E-state index in [-0.39, 0.29) is 36.0 Å². The zero-order valence-corrected chi connectivity index (χ0v) is 14.5. The smallest absolute Gasteiger partial charge is 0.262 e. The van der Waals surface area contributed by atoms with Crippen LogP contribution in [0, 0.1) is 11.3 Å². The molecule has 0 N–H and O–H groups in total. The van der Waals surface area contributed by atoms with Crippen LogP contribution in [-0.4, -0.2) is 49.1 Å². The first kappa shape index (κ1) is 16.2. The molecule has 8 nitrogen and oxygen atoms in total. The Morgan fingerprint density at radius 1 is 1.36 bits per heavy atom. The number of hydrogen-bond donors (Lipinski definition) is 0. The molecular weight excluding hydrogens is 366 g/mol. The Labute approximate surface area is 148 Å². The Hall–Kier alpha value is -2.25. The maximum absolute atomic E-state index is 12.0. The van der Waals surface area contributed by atoms with E-state index < -0.39 is 15.7 Å². The molecule has 3 aliphatic rings. The van der Waals surface area contributed by atoms with E-state index in [2.05, 4.69) is 4.99 Å². The molecule has 130 valence electrons. The third-order valence-corrected chi connectivity index (χ3v) is 7.36. The van der Waals surface area contributed by atoms with Crippen LogP contribution >= 0.6 is 11.8 Å². The van der Waals surface area contributed by atoms with Gasteiger partial charge in [-0.05, 0) is 12.1 Å². The predicted molar refractivity (Wildman–Crippen MR) is 91.5 cm³/mol. The van der Waals surface area contributed by atoms with Crippen LogP contribution in [0.3, 0.4) is 0 Å². The molecule has 0 aromatic heterocycles. The van der Waals surface area contributed by atoms with Crippen molar-refractivity contribution in [2.24, 2.45) is 4.99 Å². The van der Waals surface area contributed by atoms with Crippen LogP contribution in [0.15, 0.2) is 23.2 Å². The van der Waals surface area contributed by atoms with E-state index in [1.54, 1.807) is 29.2 Å². The lowest BCUT2D eigenvalue weighted by molar-refractivity contribution is -0.116.